The third-order valence-electron chi connectivity index (χ3n) is 4.06. The Morgan fingerprint density at radius 2 is 2.09 bits per heavy atom. The molecule has 1 saturated carbocycles. The van der Waals surface area contributed by atoms with Gasteiger partial charge in [-0.15, -0.1) is 11.3 Å². The number of aliphatic imine (C=N–C) groups is 1. The molecule has 1 aromatic rings. The van der Waals surface area contributed by atoms with Gasteiger partial charge in [-0.25, -0.2) is 0 Å². The number of rotatable bonds is 10. The molecule has 6 heteroatoms. The van der Waals surface area contributed by atoms with Gasteiger partial charge in [-0.3, -0.25) is 9.89 Å². The van der Waals surface area contributed by atoms with Crippen LogP contribution in [-0.4, -0.2) is 57.3 Å². The van der Waals surface area contributed by atoms with Crippen molar-refractivity contribution in [3.63, 3.8) is 0 Å². The average Bonchev–Trinajstić information content (AvgIpc) is 3.31. The molecular weight excluding hydrogens is 308 g/mol. The van der Waals surface area contributed by atoms with Crippen LogP contribution in [0.15, 0.2) is 17.1 Å². The molecule has 2 rings (SSSR count). The lowest BCUT2D eigenvalue weighted by Crippen LogP contribution is -2.42. The summed E-state index contributed by atoms with van der Waals surface area (Å²) in [6.45, 7) is 6.79. The zero-order chi connectivity index (χ0) is 16.5. The van der Waals surface area contributed by atoms with Crippen molar-refractivity contribution in [2.45, 2.75) is 38.8 Å². The van der Waals surface area contributed by atoms with E-state index in [1.807, 2.05) is 18.4 Å². The predicted molar refractivity (Wildman–Crippen MR) is 98.4 cm³/mol. The highest BCUT2D eigenvalue weighted by molar-refractivity contribution is 7.11. The van der Waals surface area contributed by atoms with Crippen molar-refractivity contribution in [1.82, 2.24) is 15.5 Å². The minimum atomic E-state index is 0.764. The van der Waals surface area contributed by atoms with Gasteiger partial charge in [-0.2, -0.15) is 0 Å². The first kappa shape index (κ1) is 18.2. The first-order valence-electron chi connectivity index (χ1n) is 8.52. The SMILES string of the molecule is CCc1ccc(CNC(=NC)NCCN(CCOC)C2CC2)s1. The molecule has 0 bridgehead atoms. The van der Waals surface area contributed by atoms with Gasteiger partial charge in [0.05, 0.1) is 13.2 Å². The molecule has 0 aliphatic heterocycles. The minimum Gasteiger partial charge on any atom is -0.383 e. The number of nitrogens with one attached hydrogen (secondary N) is 2. The molecule has 0 saturated heterocycles. The van der Waals surface area contributed by atoms with Crippen LogP contribution >= 0.6 is 11.3 Å². The lowest BCUT2D eigenvalue weighted by molar-refractivity contribution is 0.144. The van der Waals surface area contributed by atoms with Gasteiger partial charge in [0.1, 0.15) is 0 Å². The second-order valence-corrected chi connectivity index (χ2v) is 7.09. The molecule has 0 radical (unpaired) electrons. The zero-order valence-corrected chi connectivity index (χ0v) is 15.4. The molecule has 0 amide bonds. The van der Waals surface area contributed by atoms with Gasteiger partial charge in [-0.05, 0) is 31.4 Å². The van der Waals surface area contributed by atoms with Crippen molar-refractivity contribution < 1.29 is 4.74 Å². The van der Waals surface area contributed by atoms with Gasteiger partial charge in [0.15, 0.2) is 5.96 Å². The lowest BCUT2D eigenvalue weighted by Gasteiger charge is -2.22. The van der Waals surface area contributed by atoms with Gasteiger partial charge in [0.2, 0.25) is 0 Å². The monoisotopic (exact) mass is 338 g/mol. The van der Waals surface area contributed by atoms with E-state index in [1.165, 1.54) is 22.6 Å². The second kappa shape index (κ2) is 9.90. The minimum absolute atomic E-state index is 0.764. The van der Waals surface area contributed by atoms with Crippen molar-refractivity contribution >= 4 is 17.3 Å². The molecule has 1 aliphatic rings. The van der Waals surface area contributed by atoms with Gasteiger partial charge < -0.3 is 15.4 Å². The fourth-order valence-corrected chi connectivity index (χ4v) is 3.44. The van der Waals surface area contributed by atoms with Crippen LogP contribution in [0.3, 0.4) is 0 Å². The van der Waals surface area contributed by atoms with E-state index in [0.29, 0.717) is 0 Å². The highest BCUT2D eigenvalue weighted by Gasteiger charge is 2.28. The smallest absolute Gasteiger partial charge is 0.191 e. The molecule has 0 unspecified atom stereocenters. The third-order valence-corrected chi connectivity index (χ3v) is 5.29. The van der Waals surface area contributed by atoms with Crippen molar-refractivity contribution in [2.75, 3.05) is 40.4 Å². The molecule has 2 N–H and O–H groups in total. The van der Waals surface area contributed by atoms with Crippen LogP contribution in [0.2, 0.25) is 0 Å². The molecule has 1 aliphatic carbocycles. The molecule has 0 spiro atoms. The molecule has 130 valence electrons. The van der Waals surface area contributed by atoms with Crippen LogP contribution in [0.4, 0.5) is 0 Å². The highest BCUT2D eigenvalue weighted by atomic mass is 32.1. The lowest BCUT2D eigenvalue weighted by atomic mass is 10.3. The normalized spacial score (nSPS) is 15.2. The molecular formula is C17H30N4OS. The molecule has 23 heavy (non-hydrogen) atoms. The largest absolute Gasteiger partial charge is 0.383 e. The van der Waals surface area contributed by atoms with Crippen LogP contribution in [0.5, 0.6) is 0 Å². The first-order chi connectivity index (χ1) is 11.3. The van der Waals surface area contributed by atoms with Crippen LogP contribution in [0.25, 0.3) is 0 Å². The molecule has 1 fully saturated rings. The second-order valence-electron chi connectivity index (χ2n) is 5.83. The quantitative estimate of drug-likeness (QED) is 0.507. The van der Waals surface area contributed by atoms with Gasteiger partial charge in [0.25, 0.3) is 0 Å². The summed E-state index contributed by atoms with van der Waals surface area (Å²) < 4.78 is 5.20. The Labute approximate surface area is 144 Å². The molecule has 5 nitrogen and oxygen atoms in total. The summed E-state index contributed by atoms with van der Waals surface area (Å²) >= 11 is 1.87. The number of nitrogens with zero attached hydrogens (tertiary/aromatic N) is 2. The summed E-state index contributed by atoms with van der Waals surface area (Å²) in [5.74, 6) is 0.874. The maximum Gasteiger partial charge on any atom is 0.191 e. The summed E-state index contributed by atoms with van der Waals surface area (Å²) in [7, 11) is 3.59. The number of guanidine groups is 1. The Kier molecular flexibility index (Phi) is 7.85. The Hall–Kier alpha value is -1.11. The van der Waals surface area contributed by atoms with E-state index in [9.17, 15) is 0 Å². The number of hydrogen-bond acceptors (Lipinski definition) is 4. The maximum absolute atomic E-state index is 5.20. The number of methoxy groups -OCH3 is 1. The summed E-state index contributed by atoms with van der Waals surface area (Å²) in [6, 6.07) is 5.17. The Morgan fingerprint density at radius 3 is 2.70 bits per heavy atom. The topological polar surface area (TPSA) is 48.9 Å². The number of ether oxygens (including phenoxy) is 1. The van der Waals surface area contributed by atoms with Crippen molar-refractivity contribution in [2.24, 2.45) is 4.99 Å². The maximum atomic E-state index is 5.20. The Bertz CT molecular complexity index is 485. The summed E-state index contributed by atoms with van der Waals surface area (Å²) in [5.41, 5.74) is 0. The number of thiophene rings is 1. The van der Waals surface area contributed by atoms with Crippen LogP contribution in [0, 0.1) is 0 Å². The highest BCUT2D eigenvalue weighted by Crippen LogP contribution is 2.25. The predicted octanol–water partition coefficient (Wildman–Crippen LogP) is 2.09. The van der Waals surface area contributed by atoms with Crippen molar-refractivity contribution in [3.8, 4) is 0 Å². The summed E-state index contributed by atoms with van der Waals surface area (Å²) in [4.78, 5) is 9.60. The number of hydrogen-bond donors (Lipinski definition) is 2. The van der Waals surface area contributed by atoms with E-state index < -0.39 is 0 Å². The van der Waals surface area contributed by atoms with Crippen molar-refractivity contribution in [1.29, 1.82) is 0 Å². The third kappa shape index (κ3) is 6.49. The van der Waals surface area contributed by atoms with Crippen LogP contribution in [0.1, 0.15) is 29.5 Å². The van der Waals surface area contributed by atoms with E-state index in [4.69, 9.17) is 4.74 Å². The molecule has 0 aromatic carbocycles. The van der Waals surface area contributed by atoms with E-state index in [0.717, 1.165) is 51.2 Å². The van der Waals surface area contributed by atoms with Crippen LogP contribution < -0.4 is 10.6 Å². The standard InChI is InChI=1S/C17H30N4OS/c1-4-15-7-8-16(23-15)13-20-17(18-2)19-9-10-21(11-12-22-3)14-5-6-14/h7-8,14H,4-6,9-13H2,1-3H3,(H2,18,19,20). The number of aryl methyl sites for hydroxylation is 1. The zero-order valence-electron chi connectivity index (χ0n) is 14.6. The Balaban J connectivity index is 1.67. The van der Waals surface area contributed by atoms with E-state index in [2.05, 4.69) is 39.6 Å². The van der Waals surface area contributed by atoms with E-state index in [-0.39, 0.29) is 0 Å². The first-order valence-corrected chi connectivity index (χ1v) is 9.33. The fourth-order valence-electron chi connectivity index (χ4n) is 2.54. The molecule has 1 aromatic heterocycles. The summed E-state index contributed by atoms with van der Waals surface area (Å²) in [6.07, 6.45) is 3.76. The average molecular weight is 339 g/mol. The van der Waals surface area contributed by atoms with Gasteiger partial charge >= 0.3 is 0 Å². The van der Waals surface area contributed by atoms with Gasteiger partial charge in [0, 0.05) is 49.6 Å². The van der Waals surface area contributed by atoms with E-state index in [1.54, 1.807) is 7.11 Å². The Morgan fingerprint density at radius 1 is 1.30 bits per heavy atom. The van der Waals surface area contributed by atoms with E-state index >= 15 is 0 Å². The molecule has 1 heterocycles. The van der Waals surface area contributed by atoms with Crippen LogP contribution in [-0.2, 0) is 17.7 Å². The van der Waals surface area contributed by atoms with Crippen molar-refractivity contribution in [3.05, 3.63) is 21.9 Å². The van der Waals surface area contributed by atoms with Gasteiger partial charge in [-0.1, -0.05) is 6.92 Å². The summed E-state index contributed by atoms with van der Waals surface area (Å²) in [5, 5.41) is 6.80. The fraction of sp³-hybridized carbons (Fsp3) is 0.706. The molecule has 0 atom stereocenters.